The number of nitrogens with two attached hydrogens (primary N) is 1. The molecule has 6 nitrogen and oxygen atoms in total. The highest BCUT2D eigenvalue weighted by Crippen LogP contribution is 2.30. The molecular formula is C21H17N3O3. The normalized spacial score (nSPS) is 11.3. The number of ether oxygens (including phenoxy) is 1. The topological polar surface area (TPSA) is 93.9 Å². The Morgan fingerprint density at radius 3 is 2.78 bits per heavy atom. The molecule has 3 N–H and O–H groups in total. The number of phenols is 1. The molecule has 0 aliphatic carbocycles. The van der Waals surface area contributed by atoms with Crippen molar-refractivity contribution < 1.29 is 14.3 Å². The molecule has 0 aliphatic rings. The van der Waals surface area contributed by atoms with Crippen LogP contribution in [0.4, 0.5) is 11.4 Å². The molecule has 1 heterocycles. The number of benzene rings is 3. The third-order valence-electron chi connectivity index (χ3n) is 4.05. The molecule has 4 aromatic rings. The number of para-hydroxylation sites is 2. The monoisotopic (exact) mass is 359 g/mol. The van der Waals surface area contributed by atoms with Crippen LogP contribution in [0.3, 0.4) is 0 Å². The largest absolute Gasteiger partial charge is 0.504 e. The number of oxazole rings is 1. The number of nitrogens with zero attached hydrogens (tertiary/aromatic N) is 2. The van der Waals surface area contributed by atoms with Gasteiger partial charge in [-0.05, 0) is 54.1 Å². The lowest BCUT2D eigenvalue weighted by Crippen LogP contribution is -1.88. The molecule has 0 spiro atoms. The highest BCUT2D eigenvalue weighted by molar-refractivity contribution is 5.84. The standard InChI is InChI=1S/C21H17N3O3/c1-26-20-8-13(6-7-18(20)25)12-23-16-10-14(9-15(22)11-16)21-24-17-4-2-3-5-19(17)27-21/h2-12,25H,22H2,1H3. The zero-order valence-corrected chi connectivity index (χ0v) is 14.6. The fourth-order valence-electron chi connectivity index (χ4n) is 2.75. The summed E-state index contributed by atoms with van der Waals surface area (Å²) >= 11 is 0. The molecule has 0 saturated carbocycles. The maximum atomic E-state index is 9.68. The summed E-state index contributed by atoms with van der Waals surface area (Å²) in [5, 5.41) is 9.68. The first-order chi connectivity index (χ1) is 13.1. The molecule has 27 heavy (non-hydrogen) atoms. The lowest BCUT2D eigenvalue weighted by Gasteiger charge is -2.04. The Hall–Kier alpha value is -3.80. The predicted octanol–water partition coefficient (Wildman–Crippen LogP) is 4.54. The number of fused-ring (bicyclic) bond motifs is 1. The van der Waals surface area contributed by atoms with E-state index in [4.69, 9.17) is 14.9 Å². The SMILES string of the molecule is COc1cc(C=Nc2cc(N)cc(-c3nc4ccccc4o3)c2)ccc1O. The Labute approximate surface area is 155 Å². The summed E-state index contributed by atoms with van der Waals surface area (Å²) in [4.78, 5) is 8.97. The number of rotatable bonds is 4. The number of aromatic nitrogens is 1. The zero-order valence-electron chi connectivity index (χ0n) is 14.6. The molecule has 0 aliphatic heterocycles. The Balaban J connectivity index is 1.68. The third kappa shape index (κ3) is 3.46. The molecule has 1 aromatic heterocycles. The van der Waals surface area contributed by atoms with Crippen molar-refractivity contribution in [2.24, 2.45) is 4.99 Å². The predicted molar refractivity (Wildman–Crippen MR) is 106 cm³/mol. The molecule has 0 fully saturated rings. The van der Waals surface area contributed by atoms with Gasteiger partial charge in [0, 0.05) is 17.5 Å². The van der Waals surface area contributed by atoms with Crippen LogP contribution < -0.4 is 10.5 Å². The highest BCUT2D eigenvalue weighted by atomic mass is 16.5. The molecule has 0 atom stereocenters. The van der Waals surface area contributed by atoms with Crippen LogP contribution in [0.5, 0.6) is 11.5 Å². The Kier molecular flexibility index (Phi) is 4.22. The molecule has 134 valence electrons. The van der Waals surface area contributed by atoms with E-state index in [2.05, 4.69) is 9.98 Å². The van der Waals surface area contributed by atoms with Crippen LogP contribution >= 0.6 is 0 Å². The summed E-state index contributed by atoms with van der Waals surface area (Å²) in [5.74, 6) is 0.960. The van der Waals surface area contributed by atoms with Gasteiger partial charge >= 0.3 is 0 Å². The van der Waals surface area contributed by atoms with Gasteiger partial charge in [-0.15, -0.1) is 0 Å². The van der Waals surface area contributed by atoms with Gasteiger partial charge in [0.2, 0.25) is 5.89 Å². The summed E-state index contributed by atoms with van der Waals surface area (Å²) in [6, 6.07) is 18.0. The van der Waals surface area contributed by atoms with E-state index in [-0.39, 0.29) is 5.75 Å². The van der Waals surface area contributed by atoms with Crippen molar-refractivity contribution in [2.75, 3.05) is 12.8 Å². The summed E-state index contributed by atoms with van der Waals surface area (Å²) < 4.78 is 10.9. The van der Waals surface area contributed by atoms with Crippen molar-refractivity contribution in [1.29, 1.82) is 0 Å². The lowest BCUT2D eigenvalue weighted by molar-refractivity contribution is 0.373. The summed E-state index contributed by atoms with van der Waals surface area (Å²) in [6.07, 6.45) is 1.67. The molecule has 0 amide bonds. The molecule has 0 radical (unpaired) electrons. The molecule has 0 unspecified atom stereocenters. The van der Waals surface area contributed by atoms with E-state index in [1.807, 2.05) is 30.3 Å². The van der Waals surface area contributed by atoms with Crippen LogP contribution in [0, 0.1) is 0 Å². The van der Waals surface area contributed by atoms with E-state index in [1.54, 1.807) is 36.5 Å². The van der Waals surface area contributed by atoms with E-state index in [9.17, 15) is 5.11 Å². The van der Waals surface area contributed by atoms with Gasteiger partial charge in [-0.3, -0.25) is 4.99 Å². The average molecular weight is 359 g/mol. The van der Waals surface area contributed by atoms with Gasteiger partial charge in [0.15, 0.2) is 17.1 Å². The second-order valence-electron chi connectivity index (χ2n) is 5.99. The fraction of sp³-hybridized carbons (Fsp3) is 0.0476. The van der Waals surface area contributed by atoms with Crippen LogP contribution in [0.2, 0.25) is 0 Å². The third-order valence-corrected chi connectivity index (χ3v) is 4.05. The Bertz CT molecular complexity index is 1120. The maximum absolute atomic E-state index is 9.68. The van der Waals surface area contributed by atoms with E-state index in [0.717, 1.165) is 22.2 Å². The average Bonchev–Trinajstić information content (AvgIpc) is 3.11. The van der Waals surface area contributed by atoms with Crippen molar-refractivity contribution in [1.82, 2.24) is 4.98 Å². The molecule has 4 rings (SSSR count). The molecule has 6 heteroatoms. The molecule has 3 aromatic carbocycles. The Morgan fingerprint density at radius 1 is 1.11 bits per heavy atom. The van der Waals surface area contributed by atoms with E-state index >= 15 is 0 Å². The van der Waals surface area contributed by atoms with E-state index in [0.29, 0.717) is 23.0 Å². The number of hydrogen-bond acceptors (Lipinski definition) is 6. The van der Waals surface area contributed by atoms with Gasteiger partial charge in [0.05, 0.1) is 12.8 Å². The number of hydrogen-bond donors (Lipinski definition) is 2. The smallest absolute Gasteiger partial charge is 0.227 e. The first-order valence-electron chi connectivity index (χ1n) is 8.30. The number of anilines is 1. The number of nitrogen functional groups attached to an aromatic ring is 1. The summed E-state index contributed by atoms with van der Waals surface area (Å²) in [6.45, 7) is 0. The number of methoxy groups -OCH3 is 1. The molecular weight excluding hydrogens is 342 g/mol. The molecule has 0 saturated heterocycles. The van der Waals surface area contributed by atoms with Crippen LogP contribution in [0.15, 0.2) is 70.1 Å². The van der Waals surface area contributed by atoms with Crippen molar-refractivity contribution in [3.05, 3.63) is 66.2 Å². The summed E-state index contributed by atoms with van der Waals surface area (Å²) in [5.41, 5.74) is 10.3. The van der Waals surface area contributed by atoms with Gasteiger partial charge in [-0.1, -0.05) is 12.1 Å². The van der Waals surface area contributed by atoms with Gasteiger partial charge < -0.3 is 20.0 Å². The van der Waals surface area contributed by atoms with Crippen LogP contribution in [-0.4, -0.2) is 23.4 Å². The Morgan fingerprint density at radius 2 is 1.96 bits per heavy atom. The van der Waals surface area contributed by atoms with Gasteiger partial charge in [-0.25, -0.2) is 4.98 Å². The second kappa shape index (κ2) is 6.84. The highest BCUT2D eigenvalue weighted by Gasteiger charge is 2.09. The van der Waals surface area contributed by atoms with Gasteiger partial charge in [0.1, 0.15) is 5.52 Å². The van der Waals surface area contributed by atoms with Crippen LogP contribution in [0.25, 0.3) is 22.6 Å². The minimum absolute atomic E-state index is 0.0804. The second-order valence-corrected chi connectivity index (χ2v) is 5.99. The van der Waals surface area contributed by atoms with Crippen molar-refractivity contribution in [3.63, 3.8) is 0 Å². The van der Waals surface area contributed by atoms with Crippen LogP contribution in [-0.2, 0) is 0 Å². The quantitative estimate of drug-likeness (QED) is 0.412. The summed E-state index contributed by atoms with van der Waals surface area (Å²) in [7, 11) is 1.50. The van der Waals surface area contributed by atoms with Crippen molar-refractivity contribution >= 4 is 28.7 Å². The van der Waals surface area contributed by atoms with Crippen LogP contribution in [0.1, 0.15) is 5.56 Å². The van der Waals surface area contributed by atoms with E-state index < -0.39 is 0 Å². The first kappa shape index (κ1) is 16.7. The first-order valence-corrected chi connectivity index (χ1v) is 8.30. The fourth-order valence-corrected chi connectivity index (χ4v) is 2.75. The zero-order chi connectivity index (χ0) is 18.8. The van der Waals surface area contributed by atoms with E-state index in [1.165, 1.54) is 7.11 Å². The number of aliphatic imine (C=N–C) groups is 1. The minimum Gasteiger partial charge on any atom is -0.504 e. The lowest BCUT2D eigenvalue weighted by atomic mass is 10.1. The number of aromatic hydroxyl groups is 1. The maximum Gasteiger partial charge on any atom is 0.227 e. The molecule has 0 bridgehead atoms. The van der Waals surface area contributed by atoms with Crippen molar-refractivity contribution in [3.8, 4) is 23.0 Å². The van der Waals surface area contributed by atoms with Gasteiger partial charge in [-0.2, -0.15) is 0 Å². The van der Waals surface area contributed by atoms with Crippen molar-refractivity contribution in [2.45, 2.75) is 0 Å². The minimum atomic E-state index is 0.0804. The number of phenolic OH excluding ortho intramolecular Hbond substituents is 1. The van der Waals surface area contributed by atoms with Gasteiger partial charge in [0.25, 0.3) is 0 Å².